The summed E-state index contributed by atoms with van der Waals surface area (Å²) in [6.07, 6.45) is 11.6. The lowest BCUT2D eigenvalue weighted by Gasteiger charge is -2.39. The summed E-state index contributed by atoms with van der Waals surface area (Å²) in [5, 5.41) is 3.24. The molecule has 2 aromatic heterocycles. The highest BCUT2D eigenvalue weighted by Gasteiger charge is 2.31. The first-order chi connectivity index (χ1) is 22.8. The minimum Gasteiger partial charge on any atom is -0.378 e. The van der Waals surface area contributed by atoms with Crippen LogP contribution in [0.15, 0.2) is 42.7 Å². The Bertz CT molecular complexity index is 1520. The monoisotopic (exact) mass is 687 g/mol. The third-order valence-corrected chi connectivity index (χ3v) is 10.8. The number of likely N-dealkylation sites (tertiary alicyclic amines) is 1. The van der Waals surface area contributed by atoms with Gasteiger partial charge in [0.05, 0.1) is 18.1 Å². The Morgan fingerprint density at radius 1 is 1.13 bits per heavy atom. The SMILES string of the molecule is CNC(=O)c1cc2cc(C(F)P(O)O)ccc2s1.O=C1CCCCC2CCCN12.O=CN1CC(c2cnccc2N2CCOCC2)C1. The largest absolute Gasteiger partial charge is 0.378 e. The van der Waals surface area contributed by atoms with Gasteiger partial charge in [-0.3, -0.25) is 19.4 Å². The molecule has 47 heavy (non-hydrogen) atoms. The van der Waals surface area contributed by atoms with E-state index in [0.717, 1.165) is 75.3 Å². The fraction of sp³-hybridized carbons (Fsp3) is 0.515. The van der Waals surface area contributed by atoms with Gasteiger partial charge < -0.3 is 34.5 Å². The van der Waals surface area contributed by atoms with Crippen molar-refractivity contribution in [2.45, 2.75) is 56.4 Å². The topological polar surface area (TPSA) is 136 Å². The molecule has 0 spiro atoms. The molecule has 2 atom stereocenters. The summed E-state index contributed by atoms with van der Waals surface area (Å²) in [6, 6.07) is 9.05. The second-order valence-corrected chi connectivity index (χ2v) is 14.2. The first-order valence-electron chi connectivity index (χ1n) is 16.1. The number of ether oxygens (including phenoxy) is 1. The van der Waals surface area contributed by atoms with Crippen LogP contribution in [0.25, 0.3) is 10.1 Å². The van der Waals surface area contributed by atoms with Crippen LogP contribution >= 0.6 is 19.7 Å². The number of amides is 3. The van der Waals surface area contributed by atoms with Crippen molar-refractivity contribution in [2.75, 3.05) is 57.9 Å². The number of fused-ring (bicyclic) bond motifs is 2. The smallest absolute Gasteiger partial charge is 0.261 e. The Morgan fingerprint density at radius 3 is 2.62 bits per heavy atom. The number of carbonyl (C=O) groups is 3. The average molecular weight is 688 g/mol. The van der Waals surface area contributed by atoms with Crippen molar-refractivity contribution >= 4 is 53.7 Å². The molecule has 1 aromatic carbocycles. The Hall–Kier alpha value is -3.22. The molecule has 4 aliphatic heterocycles. The number of halogens is 1. The number of carbonyl (C=O) groups excluding carboxylic acids is 3. The summed E-state index contributed by atoms with van der Waals surface area (Å²) in [5.74, 6) is -1.14. The van der Waals surface area contributed by atoms with Crippen LogP contribution in [0.2, 0.25) is 0 Å². The van der Waals surface area contributed by atoms with Crippen molar-refractivity contribution in [3.8, 4) is 0 Å². The second-order valence-electron chi connectivity index (χ2n) is 12.1. The molecule has 0 saturated carbocycles. The molecule has 7 rings (SSSR count). The number of nitrogens with one attached hydrogen (secondary N) is 1. The number of alkyl halides is 1. The highest BCUT2D eigenvalue weighted by molar-refractivity contribution is 7.45. The van der Waals surface area contributed by atoms with Gasteiger partial charge in [0.15, 0.2) is 5.91 Å². The molecular weight excluding hydrogens is 644 g/mol. The van der Waals surface area contributed by atoms with Crippen LogP contribution in [0.4, 0.5) is 10.1 Å². The van der Waals surface area contributed by atoms with Gasteiger partial charge in [-0.25, -0.2) is 4.39 Å². The van der Waals surface area contributed by atoms with Crippen LogP contribution in [-0.2, 0) is 14.3 Å². The van der Waals surface area contributed by atoms with E-state index in [0.29, 0.717) is 22.7 Å². The maximum Gasteiger partial charge on any atom is 0.261 e. The minimum absolute atomic E-state index is 0.193. The number of benzene rings is 1. The normalized spacial score (nSPS) is 20.3. The Balaban J connectivity index is 0.000000143. The van der Waals surface area contributed by atoms with Gasteiger partial charge in [-0.05, 0) is 60.9 Å². The minimum atomic E-state index is -2.64. The molecule has 3 N–H and O–H groups in total. The molecule has 6 heterocycles. The number of rotatable bonds is 6. The first kappa shape index (κ1) is 35.1. The van der Waals surface area contributed by atoms with Crippen LogP contribution in [0.5, 0.6) is 0 Å². The molecule has 254 valence electrons. The van der Waals surface area contributed by atoms with Gasteiger partial charge >= 0.3 is 0 Å². The van der Waals surface area contributed by atoms with Crippen molar-refractivity contribution in [3.05, 3.63) is 58.7 Å². The summed E-state index contributed by atoms with van der Waals surface area (Å²) in [4.78, 5) is 62.3. The van der Waals surface area contributed by atoms with Crippen molar-refractivity contribution in [3.63, 3.8) is 0 Å². The van der Waals surface area contributed by atoms with Gasteiger partial charge in [0.25, 0.3) is 5.91 Å². The molecular formula is C33H43FN5O6PS. The van der Waals surface area contributed by atoms with E-state index in [1.165, 1.54) is 60.4 Å². The first-order valence-corrected chi connectivity index (χ1v) is 18.2. The third-order valence-electron chi connectivity index (χ3n) is 9.02. The third kappa shape index (κ3) is 8.83. The number of thiophene rings is 1. The Kier molecular flexibility index (Phi) is 12.5. The van der Waals surface area contributed by atoms with Crippen molar-refractivity contribution in [1.29, 1.82) is 0 Å². The zero-order valence-electron chi connectivity index (χ0n) is 26.6. The number of anilines is 1. The predicted molar refractivity (Wildman–Crippen MR) is 181 cm³/mol. The van der Waals surface area contributed by atoms with Crippen LogP contribution in [0.1, 0.15) is 71.2 Å². The molecule has 3 amide bonds. The van der Waals surface area contributed by atoms with Crippen LogP contribution < -0.4 is 10.2 Å². The van der Waals surface area contributed by atoms with Crippen LogP contribution in [0.3, 0.4) is 0 Å². The molecule has 0 radical (unpaired) electrons. The fourth-order valence-corrected chi connectivity index (χ4v) is 7.86. The van der Waals surface area contributed by atoms with E-state index in [9.17, 15) is 18.8 Å². The summed E-state index contributed by atoms with van der Waals surface area (Å²) in [5.41, 5.74) is 2.72. The Labute approximate surface area is 279 Å². The number of hydrogen-bond acceptors (Lipinski definition) is 9. The van der Waals surface area contributed by atoms with Gasteiger partial charge in [-0.1, -0.05) is 12.5 Å². The van der Waals surface area contributed by atoms with Gasteiger partial charge in [-0.2, -0.15) is 0 Å². The predicted octanol–water partition coefficient (Wildman–Crippen LogP) is 4.55. The average Bonchev–Trinajstić information content (AvgIpc) is 3.70. The van der Waals surface area contributed by atoms with Crippen molar-refractivity contribution in [2.24, 2.45) is 0 Å². The maximum absolute atomic E-state index is 13.5. The lowest BCUT2D eigenvalue weighted by atomic mass is 9.91. The Morgan fingerprint density at radius 2 is 1.89 bits per heavy atom. The summed E-state index contributed by atoms with van der Waals surface area (Å²) >= 11 is 1.30. The number of aromatic nitrogens is 1. The quantitative estimate of drug-likeness (QED) is 0.254. The van der Waals surface area contributed by atoms with Crippen molar-refractivity contribution < 1.29 is 33.3 Å². The highest BCUT2D eigenvalue weighted by Crippen LogP contribution is 2.45. The molecule has 11 nitrogen and oxygen atoms in total. The standard InChI is InChI=1S/C13H17N3O2.C11H11FNO3PS.C9H15NO/c17-10-15-8-11(9-15)12-7-14-2-1-13(12)16-3-5-18-6-4-16;1-13-11(14)9-5-7-4-6(10(12)17(15)16)2-3-8(7)18-9;11-9-6-2-1-4-8-5-3-7-10(8)9/h1-2,7,10-11H,3-6,8-9H2;2-5,10,15-16H,1H3,(H,13,14);8H,1-7H2. The molecule has 4 saturated heterocycles. The maximum atomic E-state index is 13.5. The highest BCUT2D eigenvalue weighted by atomic mass is 32.1. The zero-order valence-corrected chi connectivity index (χ0v) is 28.3. The van der Waals surface area contributed by atoms with E-state index in [1.807, 2.05) is 12.4 Å². The van der Waals surface area contributed by atoms with Gasteiger partial charge in [-0.15, -0.1) is 11.3 Å². The van der Waals surface area contributed by atoms with Gasteiger partial charge in [0.1, 0.15) is 0 Å². The summed E-state index contributed by atoms with van der Waals surface area (Å²) in [6.45, 7) is 6.09. The molecule has 2 unspecified atom stereocenters. The van der Waals surface area contributed by atoms with E-state index in [1.54, 1.807) is 24.1 Å². The zero-order chi connectivity index (χ0) is 33.3. The van der Waals surface area contributed by atoms with Crippen molar-refractivity contribution in [1.82, 2.24) is 20.1 Å². The lowest BCUT2D eigenvalue weighted by Crippen LogP contribution is -2.45. The second kappa shape index (κ2) is 16.7. The van der Waals surface area contributed by atoms with E-state index < -0.39 is 14.3 Å². The van der Waals surface area contributed by atoms with Gasteiger partial charge in [0.2, 0.25) is 20.7 Å². The van der Waals surface area contributed by atoms with E-state index in [2.05, 4.69) is 26.2 Å². The number of nitrogens with zero attached hydrogens (tertiary/aromatic N) is 4. The number of pyridine rings is 1. The van der Waals surface area contributed by atoms with E-state index in [4.69, 9.17) is 14.5 Å². The number of morpholine rings is 1. The van der Waals surface area contributed by atoms with E-state index in [-0.39, 0.29) is 11.5 Å². The molecule has 3 aromatic rings. The van der Waals surface area contributed by atoms with Crippen LogP contribution in [0, 0.1) is 0 Å². The molecule has 14 heteroatoms. The number of hydrogen-bond donors (Lipinski definition) is 3. The molecule has 4 aliphatic rings. The molecule has 4 fully saturated rings. The van der Waals surface area contributed by atoms with Crippen LogP contribution in [-0.4, -0.2) is 102 Å². The molecule has 0 aliphatic carbocycles. The summed E-state index contributed by atoms with van der Waals surface area (Å²) in [7, 11) is -1.10. The molecule has 0 bridgehead atoms. The lowest BCUT2D eigenvalue weighted by molar-refractivity contribution is -0.131. The van der Waals surface area contributed by atoms with Gasteiger partial charge in [0, 0.05) is 86.5 Å². The summed E-state index contributed by atoms with van der Waals surface area (Å²) < 4.78 is 19.7. The van der Waals surface area contributed by atoms with E-state index >= 15 is 0 Å². The fourth-order valence-electron chi connectivity index (χ4n) is 6.44.